The van der Waals surface area contributed by atoms with Crippen LogP contribution in [0.2, 0.25) is 0 Å². The van der Waals surface area contributed by atoms with Gasteiger partial charge in [-0.3, -0.25) is 19.6 Å². The number of carbonyl (C=O) groups is 1. The average molecular weight is 564 g/mol. The molecule has 0 saturated carbocycles. The lowest BCUT2D eigenvalue weighted by molar-refractivity contribution is 0.0360. The molecule has 1 saturated heterocycles. The van der Waals surface area contributed by atoms with Crippen molar-refractivity contribution < 1.29 is 13.9 Å². The lowest BCUT2D eigenvalue weighted by Crippen LogP contribution is -2.38. The number of nitrogen functional groups attached to an aromatic ring is 1. The van der Waals surface area contributed by atoms with Gasteiger partial charge in [0.2, 0.25) is 5.95 Å². The molecule has 216 valence electrons. The molecule has 0 unspecified atom stereocenters. The summed E-state index contributed by atoms with van der Waals surface area (Å²) in [7, 11) is 1.57. The number of nitrogens with two attached hydrogens (primary N) is 1. The fourth-order valence-electron chi connectivity index (χ4n) is 4.64. The van der Waals surface area contributed by atoms with Crippen LogP contribution in [0.15, 0.2) is 41.3 Å². The molecular weight excluding hydrogens is 529 g/mol. The number of anilines is 3. The van der Waals surface area contributed by atoms with Crippen LogP contribution in [-0.2, 0) is 23.7 Å². The van der Waals surface area contributed by atoms with Gasteiger partial charge in [0, 0.05) is 55.3 Å². The molecule has 0 bridgehead atoms. The molecule has 1 aliphatic rings. The normalized spacial score (nSPS) is 14.4. The number of amides is 2. The van der Waals surface area contributed by atoms with Crippen LogP contribution < -0.4 is 21.9 Å². The van der Waals surface area contributed by atoms with Crippen molar-refractivity contribution in [3.8, 4) is 11.1 Å². The predicted molar refractivity (Wildman–Crippen MR) is 155 cm³/mol. The van der Waals surface area contributed by atoms with Crippen LogP contribution in [0.1, 0.15) is 26.5 Å². The van der Waals surface area contributed by atoms with Crippen LogP contribution >= 0.6 is 0 Å². The van der Waals surface area contributed by atoms with Crippen molar-refractivity contribution in [1.29, 1.82) is 0 Å². The topological polar surface area (TPSA) is 145 Å². The largest absolute Gasteiger partial charge is 0.379 e. The predicted octanol–water partition coefficient (Wildman–Crippen LogP) is 3.19. The first-order valence-electron chi connectivity index (χ1n) is 13.4. The van der Waals surface area contributed by atoms with E-state index in [2.05, 4.69) is 25.5 Å². The van der Waals surface area contributed by atoms with Gasteiger partial charge >= 0.3 is 6.03 Å². The molecule has 1 fully saturated rings. The molecule has 41 heavy (non-hydrogen) atoms. The van der Waals surface area contributed by atoms with Gasteiger partial charge in [0.1, 0.15) is 17.3 Å². The van der Waals surface area contributed by atoms with E-state index < -0.39 is 11.8 Å². The Hall–Kier alpha value is -4.36. The monoisotopic (exact) mass is 563 g/mol. The summed E-state index contributed by atoms with van der Waals surface area (Å²) in [5.74, 6) is -0.0923. The molecule has 4 heterocycles. The number of morpholine rings is 1. The van der Waals surface area contributed by atoms with Gasteiger partial charge in [0.25, 0.3) is 5.56 Å². The maximum absolute atomic E-state index is 14.8. The van der Waals surface area contributed by atoms with E-state index in [1.54, 1.807) is 17.8 Å². The highest BCUT2D eigenvalue weighted by Gasteiger charge is 2.22. The Morgan fingerprint density at radius 3 is 2.61 bits per heavy atom. The van der Waals surface area contributed by atoms with Gasteiger partial charge in [-0.2, -0.15) is 10.1 Å². The minimum atomic E-state index is -0.645. The second kappa shape index (κ2) is 11.3. The molecule has 0 aliphatic carbocycles. The van der Waals surface area contributed by atoms with Crippen molar-refractivity contribution in [1.82, 2.24) is 29.2 Å². The zero-order valence-electron chi connectivity index (χ0n) is 23.6. The number of aryl methyl sites for hydroxylation is 1. The van der Waals surface area contributed by atoms with Gasteiger partial charge in [-0.1, -0.05) is 26.8 Å². The maximum atomic E-state index is 14.8. The zero-order valence-corrected chi connectivity index (χ0v) is 23.6. The Kier molecular flexibility index (Phi) is 7.74. The molecule has 1 aromatic carbocycles. The van der Waals surface area contributed by atoms with Gasteiger partial charge in [-0.05, 0) is 23.8 Å². The minimum absolute atomic E-state index is 0.0524. The van der Waals surface area contributed by atoms with Crippen LogP contribution in [0, 0.1) is 5.82 Å². The van der Waals surface area contributed by atoms with Crippen molar-refractivity contribution in [3.05, 3.63) is 58.4 Å². The average Bonchev–Trinajstić information content (AvgIpc) is 3.35. The SMILES string of the molecule is Cn1c(=O)c(-c2ccc(F)c(NC(=O)Nc3cc(C(C)(C)C)nn3CCN3CCOCC3)c2)cc2cnc(N)nc21. The lowest BCUT2D eigenvalue weighted by atomic mass is 9.92. The maximum Gasteiger partial charge on any atom is 0.324 e. The number of hydrogen-bond acceptors (Lipinski definition) is 8. The standard InChI is InChI=1S/C28H34FN9O3/c1-28(2,3)22-15-23(38(35-22)8-7-37-9-11-41-12-10-37)33-27(40)32-21-14-17(5-6-20(21)29)19-13-18-16-31-26(30)34-24(18)36(4)25(19)39/h5-6,13-16H,7-12H2,1-4H3,(H2,30,31,34)(H2,32,33,40). The van der Waals surface area contributed by atoms with Crippen LogP contribution in [0.4, 0.5) is 26.6 Å². The van der Waals surface area contributed by atoms with E-state index in [9.17, 15) is 14.0 Å². The fraction of sp³-hybridized carbons (Fsp3) is 0.393. The number of urea groups is 1. The summed E-state index contributed by atoms with van der Waals surface area (Å²) in [5.41, 5.74) is 6.93. The number of benzene rings is 1. The number of carbonyl (C=O) groups excluding carboxylic acids is 1. The van der Waals surface area contributed by atoms with E-state index in [1.165, 1.54) is 29.0 Å². The molecule has 12 nitrogen and oxygen atoms in total. The highest BCUT2D eigenvalue weighted by molar-refractivity contribution is 5.99. The highest BCUT2D eigenvalue weighted by atomic mass is 19.1. The summed E-state index contributed by atoms with van der Waals surface area (Å²) in [6.07, 6.45) is 1.52. The van der Waals surface area contributed by atoms with E-state index in [-0.39, 0.29) is 22.6 Å². The van der Waals surface area contributed by atoms with Crippen molar-refractivity contribution in [2.75, 3.05) is 49.2 Å². The summed E-state index contributed by atoms with van der Waals surface area (Å²) in [5, 5.41) is 10.7. The van der Waals surface area contributed by atoms with Gasteiger partial charge in [0.15, 0.2) is 0 Å². The first kappa shape index (κ1) is 28.2. The van der Waals surface area contributed by atoms with Gasteiger partial charge < -0.3 is 15.8 Å². The third kappa shape index (κ3) is 6.20. The number of halogens is 1. The van der Waals surface area contributed by atoms with Crippen LogP contribution in [-0.4, -0.2) is 68.1 Å². The second-order valence-corrected chi connectivity index (χ2v) is 11.0. The van der Waals surface area contributed by atoms with Gasteiger partial charge in [-0.15, -0.1) is 0 Å². The smallest absolute Gasteiger partial charge is 0.324 e. The van der Waals surface area contributed by atoms with Gasteiger partial charge in [0.05, 0.1) is 31.1 Å². The number of aromatic nitrogens is 5. The third-order valence-corrected chi connectivity index (χ3v) is 7.01. The molecule has 0 atom stereocenters. The molecule has 13 heteroatoms. The summed E-state index contributed by atoms with van der Waals surface area (Å²) < 4.78 is 23.4. The van der Waals surface area contributed by atoms with Crippen LogP contribution in [0.5, 0.6) is 0 Å². The summed E-state index contributed by atoms with van der Waals surface area (Å²) >= 11 is 0. The number of rotatable bonds is 6. The Morgan fingerprint density at radius 1 is 1.12 bits per heavy atom. The van der Waals surface area contributed by atoms with Crippen molar-refractivity contribution in [3.63, 3.8) is 0 Å². The molecule has 0 spiro atoms. The summed E-state index contributed by atoms with van der Waals surface area (Å²) in [6, 6.07) is 6.93. The van der Waals surface area contributed by atoms with E-state index in [1.807, 2.05) is 26.8 Å². The van der Waals surface area contributed by atoms with Crippen LogP contribution in [0.25, 0.3) is 22.2 Å². The second-order valence-electron chi connectivity index (χ2n) is 11.0. The minimum Gasteiger partial charge on any atom is -0.379 e. The number of nitrogens with one attached hydrogen (secondary N) is 2. The molecule has 1 aliphatic heterocycles. The fourth-order valence-corrected chi connectivity index (χ4v) is 4.64. The molecular formula is C28H34FN9O3. The third-order valence-electron chi connectivity index (χ3n) is 7.01. The van der Waals surface area contributed by atoms with E-state index >= 15 is 0 Å². The lowest BCUT2D eigenvalue weighted by Gasteiger charge is -2.26. The summed E-state index contributed by atoms with van der Waals surface area (Å²) in [6.45, 7) is 10.5. The zero-order chi connectivity index (χ0) is 29.3. The van der Waals surface area contributed by atoms with Crippen LogP contribution in [0.3, 0.4) is 0 Å². The van der Waals surface area contributed by atoms with Gasteiger partial charge in [-0.25, -0.2) is 18.9 Å². The first-order valence-corrected chi connectivity index (χ1v) is 13.4. The number of pyridine rings is 1. The first-order chi connectivity index (χ1) is 19.5. The Bertz CT molecular complexity index is 1650. The Labute approximate surface area is 236 Å². The molecule has 0 radical (unpaired) electrons. The molecule has 2 amide bonds. The van der Waals surface area contributed by atoms with E-state index in [0.29, 0.717) is 47.7 Å². The number of fused-ring (bicyclic) bond motifs is 1. The van der Waals surface area contributed by atoms with Crippen molar-refractivity contribution in [2.45, 2.75) is 32.7 Å². The molecule has 4 N–H and O–H groups in total. The van der Waals surface area contributed by atoms with E-state index in [0.717, 1.165) is 25.3 Å². The number of nitrogens with zero attached hydrogens (tertiary/aromatic N) is 6. The number of hydrogen-bond donors (Lipinski definition) is 3. The molecule has 3 aromatic heterocycles. The molecule has 4 aromatic rings. The Morgan fingerprint density at radius 2 is 1.88 bits per heavy atom. The van der Waals surface area contributed by atoms with Crippen molar-refractivity contribution >= 4 is 34.5 Å². The number of ether oxygens (including phenoxy) is 1. The van der Waals surface area contributed by atoms with Crippen molar-refractivity contribution in [2.24, 2.45) is 7.05 Å². The quantitative estimate of drug-likeness (QED) is 0.324. The highest BCUT2D eigenvalue weighted by Crippen LogP contribution is 2.27. The van der Waals surface area contributed by atoms with E-state index in [4.69, 9.17) is 15.6 Å². The summed E-state index contributed by atoms with van der Waals surface area (Å²) in [4.78, 5) is 36.6. The molecule has 5 rings (SSSR count). The Balaban J connectivity index is 1.38.